The molecule has 0 spiro atoms. The average Bonchev–Trinajstić information content (AvgIpc) is 2.39. The van der Waals surface area contributed by atoms with Crippen LogP contribution in [-0.2, 0) is 4.74 Å². The quantitative estimate of drug-likeness (QED) is 0.838. The zero-order chi connectivity index (χ0) is 11.4. The Labute approximate surface area is 96.6 Å². The summed E-state index contributed by atoms with van der Waals surface area (Å²) >= 11 is 0. The van der Waals surface area contributed by atoms with E-state index in [1.54, 1.807) is 0 Å². The van der Waals surface area contributed by atoms with Crippen LogP contribution in [0.4, 0.5) is 0 Å². The van der Waals surface area contributed by atoms with Gasteiger partial charge in [-0.25, -0.2) is 0 Å². The van der Waals surface area contributed by atoms with Gasteiger partial charge in [0.1, 0.15) is 0 Å². The summed E-state index contributed by atoms with van der Waals surface area (Å²) in [5.41, 5.74) is 0.987. The summed E-state index contributed by atoms with van der Waals surface area (Å²) in [4.78, 5) is 2.28. The first kappa shape index (κ1) is 11.6. The van der Waals surface area contributed by atoms with Crippen LogP contribution in [-0.4, -0.2) is 42.4 Å². The van der Waals surface area contributed by atoms with Gasteiger partial charge in [-0.15, -0.1) is 0 Å². The molecule has 1 aliphatic heterocycles. The monoisotopic (exact) mass is 221 g/mol. The molecule has 3 heteroatoms. The van der Waals surface area contributed by atoms with E-state index in [2.05, 4.69) is 11.8 Å². The number of aliphatic hydroxyl groups excluding tert-OH is 1. The number of ether oxygens (including phenoxy) is 1. The molecule has 1 fully saturated rings. The van der Waals surface area contributed by atoms with Crippen LogP contribution >= 0.6 is 0 Å². The molecule has 0 saturated carbocycles. The number of benzene rings is 1. The Balaban J connectivity index is 2.00. The zero-order valence-corrected chi connectivity index (χ0v) is 9.67. The molecule has 1 aromatic carbocycles. The molecule has 0 unspecified atom stereocenters. The normalized spacial score (nSPS) is 21.6. The maximum atomic E-state index is 10.3. The van der Waals surface area contributed by atoms with Crippen molar-refractivity contribution in [2.45, 2.75) is 19.1 Å². The lowest BCUT2D eigenvalue weighted by Crippen LogP contribution is -2.44. The highest BCUT2D eigenvalue weighted by Crippen LogP contribution is 2.21. The summed E-state index contributed by atoms with van der Waals surface area (Å²) in [6.07, 6.45) is -0.417. The van der Waals surface area contributed by atoms with E-state index in [-0.39, 0.29) is 6.04 Å². The first-order chi connectivity index (χ1) is 7.79. The van der Waals surface area contributed by atoms with E-state index in [0.29, 0.717) is 0 Å². The van der Waals surface area contributed by atoms with Gasteiger partial charge in [0.2, 0.25) is 0 Å². The summed E-state index contributed by atoms with van der Waals surface area (Å²) in [5, 5.41) is 10.3. The minimum absolute atomic E-state index is 0.145. The van der Waals surface area contributed by atoms with Crippen LogP contribution in [0.15, 0.2) is 30.3 Å². The third-order valence-corrected chi connectivity index (χ3v) is 3.22. The van der Waals surface area contributed by atoms with E-state index >= 15 is 0 Å². The summed E-state index contributed by atoms with van der Waals surface area (Å²) in [6, 6.07) is 9.99. The molecule has 1 aromatic rings. The lowest BCUT2D eigenvalue weighted by atomic mass is 10.0. The van der Waals surface area contributed by atoms with Crippen molar-refractivity contribution in [1.29, 1.82) is 0 Å². The van der Waals surface area contributed by atoms with Crippen LogP contribution in [0.2, 0.25) is 0 Å². The minimum Gasteiger partial charge on any atom is -0.387 e. The Hall–Kier alpha value is -0.900. The molecule has 1 saturated heterocycles. The van der Waals surface area contributed by atoms with Crippen molar-refractivity contribution in [2.24, 2.45) is 0 Å². The van der Waals surface area contributed by atoms with Crippen LogP contribution in [0.1, 0.15) is 18.6 Å². The van der Waals surface area contributed by atoms with Crippen LogP contribution in [0.3, 0.4) is 0 Å². The highest BCUT2D eigenvalue weighted by atomic mass is 16.5. The van der Waals surface area contributed by atoms with Gasteiger partial charge >= 0.3 is 0 Å². The Morgan fingerprint density at radius 2 is 1.81 bits per heavy atom. The van der Waals surface area contributed by atoms with Gasteiger partial charge in [0.15, 0.2) is 0 Å². The molecule has 88 valence electrons. The second-order valence-electron chi connectivity index (χ2n) is 4.24. The SMILES string of the molecule is C[C@@H]([C@@H](O)c1ccccc1)N1CCOCC1. The van der Waals surface area contributed by atoms with E-state index in [9.17, 15) is 5.11 Å². The number of hydrogen-bond donors (Lipinski definition) is 1. The van der Waals surface area contributed by atoms with Crippen molar-refractivity contribution in [2.75, 3.05) is 26.3 Å². The van der Waals surface area contributed by atoms with Gasteiger partial charge in [0.25, 0.3) is 0 Å². The van der Waals surface area contributed by atoms with Crippen molar-refractivity contribution >= 4 is 0 Å². The van der Waals surface area contributed by atoms with Crippen molar-refractivity contribution in [1.82, 2.24) is 4.90 Å². The van der Waals surface area contributed by atoms with E-state index in [4.69, 9.17) is 4.74 Å². The van der Waals surface area contributed by atoms with Gasteiger partial charge < -0.3 is 9.84 Å². The van der Waals surface area contributed by atoms with Gasteiger partial charge in [0, 0.05) is 19.1 Å². The molecule has 1 heterocycles. The van der Waals surface area contributed by atoms with Crippen LogP contribution in [0.5, 0.6) is 0 Å². The summed E-state index contributed by atoms with van der Waals surface area (Å²) in [7, 11) is 0. The van der Waals surface area contributed by atoms with Gasteiger partial charge in [-0.05, 0) is 12.5 Å². The maximum Gasteiger partial charge on any atom is 0.0942 e. The molecule has 2 rings (SSSR count). The fraction of sp³-hybridized carbons (Fsp3) is 0.538. The lowest BCUT2D eigenvalue weighted by Gasteiger charge is -2.35. The molecule has 0 bridgehead atoms. The third-order valence-electron chi connectivity index (χ3n) is 3.22. The van der Waals surface area contributed by atoms with Gasteiger partial charge in [-0.2, -0.15) is 0 Å². The van der Waals surface area contributed by atoms with E-state index in [0.717, 1.165) is 31.9 Å². The van der Waals surface area contributed by atoms with E-state index in [1.807, 2.05) is 30.3 Å². The second-order valence-corrected chi connectivity index (χ2v) is 4.24. The lowest BCUT2D eigenvalue weighted by molar-refractivity contribution is -0.0166. The maximum absolute atomic E-state index is 10.3. The largest absolute Gasteiger partial charge is 0.387 e. The summed E-state index contributed by atoms with van der Waals surface area (Å²) < 4.78 is 5.31. The zero-order valence-electron chi connectivity index (χ0n) is 9.67. The summed E-state index contributed by atoms with van der Waals surface area (Å²) in [6.45, 7) is 5.43. The van der Waals surface area contributed by atoms with Crippen LogP contribution in [0.25, 0.3) is 0 Å². The Kier molecular flexibility index (Phi) is 3.93. The van der Waals surface area contributed by atoms with Crippen molar-refractivity contribution in [3.8, 4) is 0 Å². The number of morpholine rings is 1. The molecular weight excluding hydrogens is 202 g/mol. The molecule has 1 aliphatic rings. The predicted octanol–water partition coefficient (Wildman–Crippen LogP) is 1.44. The van der Waals surface area contributed by atoms with Crippen LogP contribution in [0, 0.1) is 0 Å². The molecule has 0 amide bonds. The van der Waals surface area contributed by atoms with Crippen molar-refractivity contribution in [3.63, 3.8) is 0 Å². The third kappa shape index (κ3) is 2.61. The number of aliphatic hydroxyl groups is 1. The standard InChI is InChI=1S/C13H19NO2/c1-11(14-7-9-16-10-8-14)13(15)12-5-3-2-4-6-12/h2-6,11,13,15H,7-10H2,1H3/t11-,13+/m0/s1. The minimum atomic E-state index is -0.417. The molecular formula is C13H19NO2. The smallest absolute Gasteiger partial charge is 0.0942 e. The van der Waals surface area contributed by atoms with E-state index in [1.165, 1.54) is 0 Å². The fourth-order valence-electron chi connectivity index (χ4n) is 2.11. The van der Waals surface area contributed by atoms with Crippen molar-refractivity contribution in [3.05, 3.63) is 35.9 Å². The Morgan fingerprint density at radius 1 is 1.19 bits per heavy atom. The molecule has 0 aliphatic carbocycles. The number of nitrogens with zero attached hydrogens (tertiary/aromatic N) is 1. The highest BCUT2D eigenvalue weighted by Gasteiger charge is 2.24. The average molecular weight is 221 g/mol. The highest BCUT2D eigenvalue weighted by molar-refractivity contribution is 5.18. The second kappa shape index (κ2) is 5.43. The molecule has 2 atom stereocenters. The molecule has 1 N–H and O–H groups in total. The molecule has 0 radical (unpaired) electrons. The van der Waals surface area contributed by atoms with Crippen LogP contribution < -0.4 is 0 Å². The first-order valence-corrected chi connectivity index (χ1v) is 5.84. The number of rotatable bonds is 3. The van der Waals surface area contributed by atoms with Gasteiger partial charge in [-0.3, -0.25) is 4.90 Å². The predicted molar refractivity (Wildman–Crippen MR) is 63.3 cm³/mol. The Bertz CT molecular complexity index is 309. The Morgan fingerprint density at radius 3 is 2.44 bits per heavy atom. The van der Waals surface area contributed by atoms with Gasteiger partial charge in [0.05, 0.1) is 19.3 Å². The topological polar surface area (TPSA) is 32.7 Å². The summed E-state index contributed by atoms with van der Waals surface area (Å²) in [5.74, 6) is 0. The molecule has 16 heavy (non-hydrogen) atoms. The molecule has 3 nitrogen and oxygen atoms in total. The van der Waals surface area contributed by atoms with E-state index < -0.39 is 6.10 Å². The first-order valence-electron chi connectivity index (χ1n) is 5.84. The molecule has 0 aromatic heterocycles. The van der Waals surface area contributed by atoms with Gasteiger partial charge in [-0.1, -0.05) is 30.3 Å². The van der Waals surface area contributed by atoms with Crippen molar-refractivity contribution < 1.29 is 9.84 Å². The number of hydrogen-bond acceptors (Lipinski definition) is 3. The fourth-order valence-corrected chi connectivity index (χ4v) is 2.11.